The first-order valence-electron chi connectivity index (χ1n) is 8.07. The summed E-state index contributed by atoms with van der Waals surface area (Å²) in [5.74, 6) is -0.398. The molecule has 2 aliphatic heterocycles. The minimum Gasteiger partial charge on any atom is -0.366 e. The number of anilines is 1. The van der Waals surface area contributed by atoms with E-state index >= 15 is 0 Å². The molecule has 0 unspecified atom stereocenters. The van der Waals surface area contributed by atoms with E-state index in [4.69, 9.17) is 5.73 Å². The van der Waals surface area contributed by atoms with Crippen molar-refractivity contribution in [2.45, 2.75) is 26.3 Å². The van der Waals surface area contributed by atoms with Gasteiger partial charge in [-0.25, -0.2) is 4.39 Å². The van der Waals surface area contributed by atoms with Crippen LogP contribution in [0.25, 0.3) is 10.9 Å². The number of amides is 1. The molecule has 23 heavy (non-hydrogen) atoms. The van der Waals surface area contributed by atoms with Crippen LogP contribution >= 0.6 is 0 Å². The van der Waals surface area contributed by atoms with Gasteiger partial charge in [-0.1, -0.05) is 0 Å². The van der Waals surface area contributed by atoms with E-state index in [0.717, 1.165) is 42.7 Å². The number of hydrogen-bond donors (Lipinski definition) is 3. The molecule has 0 bridgehead atoms. The first-order chi connectivity index (χ1) is 11.0. The number of halogens is 1. The molecule has 5 nitrogen and oxygen atoms in total. The van der Waals surface area contributed by atoms with Gasteiger partial charge >= 0.3 is 0 Å². The maximum absolute atomic E-state index is 15.0. The summed E-state index contributed by atoms with van der Waals surface area (Å²) in [6.07, 6.45) is 1.07. The zero-order valence-corrected chi connectivity index (χ0v) is 13.4. The van der Waals surface area contributed by atoms with E-state index in [0.29, 0.717) is 23.2 Å². The molecule has 0 saturated carbocycles. The van der Waals surface area contributed by atoms with Crippen LogP contribution < -0.4 is 16.0 Å². The second kappa shape index (κ2) is 4.96. The Morgan fingerprint density at radius 3 is 2.91 bits per heavy atom. The van der Waals surface area contributed by atoms with Crippen LogP contribution in [0, 0.1) is 25.6 Å². The molecule has 0 aliphatic carbocycles. The Morgan fingerprint density at radius 1 is 1.39 bits per heavy atom. The summed E-state index contributed by atoms with van der Waals surface area (Å²) in [6.45, 7) is 6.62. The van der Waals surface area contributed by atoms with E-state index in [2.05, 4.69) is 15.2 Å². The average Bonchev–Trinajstić information content (AvgIpc) is 3.16. The third-order valence-corrected chi connectivity index (χ3v) is 5.50. The number of nitrogens with one attached hydrogen (secondary N) is 2. The lowest BCUT2D eigenvalue weighted by atomic mass is 10.0. The number of hydrogen-bond acceptors (Lipinski definition) is 3. The topological polar surface area (TPSA) is 74.2 Å². The Labute approximate surface area is 134 Å². The predicted octanol–water partition coefficient (Wildman–Crippen LogP) is 1.82. The number of rotatable bonds is 2. The molecule has 4 rings (SSSR count). The molecule has 4 N–H and O–H groups in total. The highest BCUT2D eigenvalue weighted by molar-refractivity contribution is 6.10. The number of carbonyl (C=O) groups excluding carboxylic acids is 1. The molecule has 3 heterocycles. The van der Waals surface area contributed by atoms with Gasteiger partial charge in [-0.3, -0.25) is 4.79 Å². The third-order valence-electron chi connectivity index (χ3n) is 5.50. The SMILES string of the molecule is Cc1[nH]c2c(C(N)=O)cc(F)c(N3CC[C@@H]4CNC[C@@H]43)c2c1C. The second-order valence-electron chi connectivity index (χ2n) is 6.71. The lowest BCUT2D eigenvalue weighted by Crippen LogP contribution is -2.35. The van der Waals surface area contributed by atoms with E-state index in [1.165, 1.54) is 6.07 Å². The van der Waals surface area contributed by atoms with Crippen molar-refractivity contribution < 1.29 is 9.18 Å². The number of aryl methyl sites for hydroxylation is 2. The van der Waals surface area contributed by atoms with Crippen LogP contribution in [0.1, 0.15) is 28.0 Å². The quantitative estimate of drug-likeness (QED) is 0.791. The number of nitrogens with two attached hydrogens (primary N) is 1. The van der Waals surface area contributed by atoms with Crippen molar-refractivity contribution in [2.24, 2.45) is 11.7 Å². The second-order valence-corrected chi connectivity index (χ2v) is 6.71. The molecule has 1 aromatic carbocycles. The summed E-state index contributed by atoms with van der Waals surface area (Å²) in [6, 6.07) is 1.60. The molecule has 1 amide bonds. The fourth-order valence-electron chi connectivity index (χ4n) is 4.21. The number of nitrogens with zero attached hydrogens (tertiary/aromatic N) is 1. The maximum Gasteiger partial charge on any atom is 0.250 e. The number of benzene rings is 1. The zero-order valence-electron chi connectivity index (χ0n) is 13.4. The summed E-state index contributed by atoms with van der Waals surface area (Å²) in [5.41, 5.74) is 8.85. The molecule has 2 aliphatic rings. The molecule has 2 fully saturated rings. The molecule has 122 valence electrons. The summed E-state index contributed by atoms with van der Waals surface area (Å²) >= 11 is 0. The van der Waals surface area contributed by atoms with Gasteiger partial charge < -0.3 is 20.9 Å². The molecule has 2 aromatic rings. The number of carbonyl (C=O) groups is 1. The van der Waals surface area contributed by atoms with Crippen LogP contribution in [-0.4, -0.2) is 36.6 Å². The number of aromatic nitrogens is 1. The molecule has 2 saturated heterocycles. The molecule has 1 aromatic heterocycles. The van der Waals surface area contributed by atoms with Crippen LogP contribution in [0.5, 0.6) is 0 Å². The highest BCUT2D eigenvalue weighted by atomic mass is 19.1. The van der Waals surface area contributed by atoms with E-state index in [1.807, 2.05) is 13.8 Å². The molecule has 0 radical (unpaired) electrons. The van der Waals surface area contributed by atoms with Gasteiger partial charge in [0.25, 0.3) is 5.91 Å². The molecule has 2 atom stereocenters. The standard InChI is InChI=1S/C17H21FN4O/c1-8-9(2)21-15-11(17(19)23)5-12(18)16(14(8)15)22-4-3-10-6-20-7-13(10)22/h5,10,13,20-21H,3-4,6-7H2,1-2H3,(H2,19,23)/t10-,13+/m1/s1. The highest BCUT2D eigenvalue weighted by Crippen LogP contribution is 2.41. The fraction of sp³-hybridized carbons (Fsp3) is 0.471. The molecular weight excluding hydrogens is 295 g/mol. The monoisotopic (exact) mass is 316 g/mol. The van der Waals surface area contributed by atoms with Gasteiger partial charge in [0.05, 0.1) is 16.8 Å². The predicted molar refractivity (Wildman–Crippen MR) is 88.4 cm³/mol. The van der Waals surface area contributed by atoms with Crippen LogP contribution in [-0.2, 0) is 0 Å². The van der Waals surface area contributed by atoms with Gasteiger partial charge in [0.1, 0.15) is 5.82 Å². The average molecular weight is 316 g/mol. The van der Waals surface area contributed by atoms with Crippen LogP contribution in [0.4, 0.5) is 10.1 Å². The van der Waals surface area contributed by atoms with Crippen LogP contribution in [0.15, 0.2) is 6.07 Å². The largest absolute Gasteiger partial charge is 0.366 e. The summed E-state index contributed by atoms with van der Waals surface area (Å²) in [7, 11) is 0. The number of primary amides is 1. The van der Waals surface area contributed by atoms with Gasteiger partial charge in [-0.15, -0.1) is 0 Å². The van der Waals surface area contributed by atoms with Gasteiger partial charge in [0.15, 0.2) is 0 Å². The molecule has 6 heteroatoms. The van der Waals surface area contributed by atoms with Crippen LogP contribution in [0.3, 0.4) is 0 Å². The van der Waals surface area contributed by atoms with Crippen molar-refractivity contribution in [3.8, 4) is 0 Å². The summed E-state index contributed by atoms with van der Waals surface area (Å²) < 4.78 is 15.0. The fourth-order valence-corrected chi connectivity index (χ4v) is 4.21. The minimum absolute atomic E-state index is 0.220. The van der Waals surface area contributed by atoms with Crippen molar-refractivity contribution in [2.75, 3.05) is 24.5 Å². The first kappa shape index (κ1) is 14.5. The van der Waals surface area contributed by atoms with Gasteiger partial charge in [0.2, 0.25) is 0 Å². The normalized spacial score (nSPS) is 23.7. The minimum atomic E-state index is -0.608. The van der Waals surface area contributed by atoms with Crippen molar-refractivity contribution in [3.05, 3.63) is 28.7 Å². The first-order valence-corrected chi connectivity index (χ1v) is 8.07. The van der Waals surface area contributed by atoms with Gasteiger partial charge in [-0.05, 0) is 37.8 Å². The zero-order chi connectivity index (χ0) is 16.3. The Hall–Kier alpha value is -2.08. The van der Waals surface area contributed by atoms with E-state index in [9.17, 15) is 9.18 Å². The Kier molecular flexibility index (Phi) is 3.13. The lowest BCUT2D eigenvalue weighted by Gasteiger charge is -2.27. The van der Waals surface area contributed by atoms with Crippen LogP contribution in [0.2, 0.25) is 0 Å². The van der Waals surface area contributed by atoms with E-state index in [-0.39, 0.29) is 11.4 Å². The lowest BCUT2D eigenvalue weighted by molar-refractivity contribution is 0.100. The maximum atomic E-state index is 15.0. The Bertz CT molecular complexity index is 813. The highest BCUT2D eigenvalue weighted by Gasteiger charge is 2.39. The molecular formula is C17H21FN4O. The summed E-state index contributed by atoms with van der Waals surface area (Å²) in [5, 5.41) is 4.19. The van der Waals surface area contributed by atoms with Crippen molar-refractivity contribution in [3.63, 3.8) is 0 Å². The number of fused-ring (bicyclic) bond motifs is 2. The number of H-pyrrole nitrogens is 1. The van der Waals surface area contributed by atoms with E-state index in [1.54, 1.807) is 0 Å². The van der Waals surface area contributed by atoms with Gasteiger partial charge in [0, 0.05) is 36.8 Å². The molecule has 0 spiro atoms. The van der Waals surface area contributed by atoms with Gasteiger partial charge in [-0.2, -0.15) is 0 Å². The smallest absolute Gasteiger partial charge is 0.250 e. The van der Waals surface area contributed by atoms with Crippen molar-refractivity contribution >= 4 is 22.5 Å². The summed E-state index contributed by atoms with van der Waals surface area (Å²) in [4.78, 5) is 17.1. The number of aromatic amines is 1. The Morgan fingerprint density at radius 2 is 2.17 bits per heavy atom. The Balaban J connectivity index is 1.98. The van der Waals surface area contributed by atoms with Crippen molar-refractivity contribution in [1.29, 1.82) is 0 Å². The van der Waals surface area contributed by atoms with Crippen molar-refractivity contribution in [1.82, 2.24) is 10.3 Å². The third kappa shape index (κ3) is 1.97. The van der Waals surface area contributed by atoms with E-state index < -0.39 is 5.91 Å².